The Balaban J connectivity index is 3.04. The van der Waals surface area contributed by atoms with Crippen LogP contribution in [0, 0.1) is 23.3 Å². The lowest BCUT2D eigenvalue weighted by Gasteiger charge is -2.10. The van der Waals surface area contributed by atoms with Crippen molar-refractivity contribution in [3.05, 3.63) is 35.6 Å². The summed E-state index contributed by atoms with van der Waals surface area (Å²) in [6, 6.07) is 0. The second kappa shape index (κ2) is 8.54. The van der Waals surface area contributed by atoms with E-state index in [0.717, 1.165) is 31.9 Å². The molecule has 23 heavy (non-hydrogen) atoms. The van der Waals surface area contributed by atoms with Gasteiger partial charge >= 0.3 is 0 Å². The van der Waals surface area contributed by atoms with E-state index in [4.69, 9.17) is 10.7 Å². The molecule has 0 atom stereocenters. The van der Waals surface area contributed by atoms with Crippen LogP contribution in [-0.2, 0) is 9.05 Å². The molecule has 3 nitrogen and oxygen atoms in total. The van der Waals surface area contributed by atoms with Gasteiger partial charge in [0.15, 0.2) is 22.3 Å². The normalized spacial score (nSPS) is 12.1. The van der Waals surface area contributed by atoms with Gasteiger partial charge in [-0.05, 0) is 18.9 Å². The van der Waals surface area contributed by atoms with Crippen molar-refractivity contribution in [1.82, 2.24) is 0 Å². The second-order valence-electron chi connectivity index (χ2n) is 4.69. The van der Waals surface area contributed by atoms with Crippen LogP contribution in [0.4, 0.5) is 17.6 Å². The maximum absolute atomic E-state index is 13.6. The zero-order chi connectivity index (χ0) is 17.6. The molecule has 0 amide bonds. The first-order valence-corrected chi connectivity index (χ1v) is 9.15. The largest absolute Gasteiger partial charge is 0.461 e. The summed E-state index contributed by atoms with van der Waals surface area (Å²) in [6.45, 7) is 2.04. The Labute approximate surface area is 136 Å². The maximum atomic E-state index is 13.6. The van der Waals surface area contributed by atoms with Gasteiger partial charge in [-0.15, -0.1) is 0 Å². The number of hydrogen-bond donors (Lipinski definition) is 0. The van der Waals surface area contributed by atoms with Gasteiger partial charge in [0, 0.05) is 10.7 Å². The van der Waals surface area contributed by atoms with Crippen molar-refractivity contribution < 1.29 is 30.7 Å². The van der Waals surface area contributed by atoms with E-state index >= 15 is 0 Å². The molecule has 1 aromatic carbocycles. The van der Waals surface area contributed by atoms with Crippen molar-refractivity contribution in [3.8, 4) is 5.75 Å². The minimum atomic E-state index is -4.89. The van der Waals surface area contributed by atoms with E-state index in [1.54, 1.807) is 0 Å². The van der Waals surface area contributed by atoms with E-state index in [-0.39, 0.29) is 0 Å². The van der Waals surface area contributed by atoms with Crippen LogP contribution < -0.4 is 4.74 Å². The fourth-order valence-corrected chi connectivity index (χ4v) is 2.86. The van der Waals surface area contributed by atoms with Gasteiger partial charge in [-0.3, -0.25) is 0 Å². The van der Waals surface area contributed by atoms with E-state index in [1.165, 1.54) is 6.08 Å². The Morgan fingerprint density at radius 2 is 1.61 bits per heavy atom. The van der Waals surface area contributed by atoms with Gasteiger partial charge in [-0.2, -0.15) is 4.39 Å². The standard InChI is InChI=1S/C14H15ClF4O3S/c1-2-3-4-5-6-7-8-22-13-11(18)9(16)10(17)12(19)14(13)23(15,20)21/h7-8H,2-6H2,1H3. The molecular weight excluding hydrogens is 360 g/mol. The molecule has 0 aliphatic carbocycles. The third kappa shape index (κ3) is 5.10. The van der Waals surface area contributed by atoms with E-state index in [1.807, 2.05) is 6.92 Å². The molecule has 0 bridgehead atoms. The first-order valence-electron chi connectivity index (χ1n) is 6.84. The summed E-state index contributed by atoms with van der Waals surface area (Å²) >= 11 is 0. The summed E-state index contributed by atoms with van der Waals surface area (Å²) in [4.78, 5) is -1.58. The molecule has 0 saturated carbocycles. The highest BCUT2D eigenvalue weighted by Gasteiger charge is 2.33. The molecule has 0 saturated heterocycles. The summed E-state index contributed by atoms with van der Waals surface area (Å²) in [5, 5.41) is 0. The highest BCUT2D eigenvalue weighted by molar-refractivity contribution is 8.13. The summed E-state index contributed by atoms with van der Waals surface area (Å²) in [6.07, 6.45) is 6.69. The van der Waals surface area contributed by atoms with E-state index < -0.39 is 43.0 Å². The number of benzene rings is 1. The Kier molecular flexibility index (Phi) is 7.34. The van der Waals surface area contributed by atoms with Crippen molar-refractivity contribution in [2.24, 2.45) is 0 Å². The lowest BCUT2D eigenvalue weighted by Crippen LogP contribution is -2.08. The van der Waals surface area contributed by atoms with Crippen molar-refractivity contribution in [3.63, 3.8) is 0 Å². The van der Waals surface area contributed by atoms with Gasteiger partial charge in [0.2, 0.25) is 11.6 Å². The lowest BCUT2D eigenvalue weighted by molar-refractivity contribution is 0.351. The molecule has 0 heterocycles. The number of ether oxygens (including phenoxy) is 1. The van der Waals surface area contributed by atoms with Gasteiger partial charge in [0.1, 0.15) is 0 Å². The Bertz CT molecular complexity index is 690. The first kappa shape index (κ1) is 19.8. The predicted molar refractivity (Wildman–Crippen MR) is 77.8 cm³/mol. The average molecular weight is 375 g/mol. The van der Waals surface area contributed by atoms with Crippen LogP contribution in [0.15, 0.2) is 17.2 Å². The molecule has 1 aromatic rings. The number of halogens is 5. The molecule has 0 spiro atoms. The molecule has 1 rings (SSSR count). The monoisotopic (exact) mass is 374 g/mol. The van der Waals surface area contributed by atoms with Crippen LogP contribution >= 0.6 is 10.7 Å². The molecular formula is C14H15ClF4O3S. The molecule has 130 valence electrons. The summed E-state index contributed by atoms with van der Waals surface area (Å²) in [5.41, 5.74) is 0. The maximum Gasteiger partial charge on any atom is 0.268 e. The van der Waals surface area contributed by atoms with Crippen LogP contribution in [0.25, 0.3) is 0 Å². The molecule has 0 aromatic heterocycles. The Morgan fingerprint density at radius 3 is 2.17 bits per heavy atom. The molecule has 0 N–H and O–H groups in total. The van der Waals surface area contributed by atoms with E-state index in [2.05, 4.69) is 4.74 Å². The Morgan fingerprint density at radius 1 is 1.00 bits per heavy atom. The number of unbranched alkanes of at least 4 members (excludes halogenated alkanes) is 4. The van der Waals surface area contributed by atoms with Crippen molar-refractivity contribution in [2.45, 2.75) is 43.9 Å². The van der Waals surface area contributed by atoms with Gasteiger partial charge in [0.05, 0.1) is 6.26 Å². The molecule has 0 radical (unpaired) electrons. The molecule has 9 heteroatoms. The molecule has 0 aliphatic heterocycles. The minimum Gasteiger partial charge on any atom is -0.461 e. The van der Waals surface area contributed by atoms with Crippen LogP contribution in [0.3, 0.4) is 0 Å². The zero-order valence-electron chi connectivity index (χ0n) is 12.2. The molecule has 0 fully saturated rings. The third-order valence-electron chi connectivity index (χ3n) is 2.93. The highest BCUT2D eigenvalue weighted by Crippen LogP contribution is 2.36. The minimum absolute atomic E-state index is 0.538. The first-order chi connectivity index (χ1) is 10.7. The average Bonchev–Trinajstić information content (AvgIpc) is 2.47. The second-order valence-corrected chi connectivity index (χ2v) is 7.19. The van der Waals surface area contributed by atoms with Crippen LogP contribution in [0.2, 0.25) is 0 Å². The number of allylic oxidation sites excluding steroid dienone is 1. The molecule has 0 aliphatic rings. The third-order valence-corrected chi connectivity index (χ3v) is 4.25. The van der Waals surface area contributed by atoms with Gasteiger partial charge in [0.25, 0.3) is 9.05 Å². The zero-order valence-corrected chi connectivity index (χ0v) is 13.8. The summed E-state index contributed by atoms with van der Waals surface area (Å²) in [7, 11) is 0.0460. The topological polar surface area (TPSA) is 43.4 Å². The quantitative estimate of drug-likeness (QED) is 0.160. The van der Waals surface area contributed by atoms with Crippen molar-refractivity contribution >= 4 is 19.7 Å². The molecule has 0 unspecified atom stereocenters. The van der Waals surface area contributed by atoms with Crippen LogP contribution in [-0.4, -0.2) is 8.42 Å². The summed E-state index contributed by atoms with van der Waals surface area (Å²) < 4.78 is 80.7. The van der Waals surface area contributed by atoms with E-state index in [0.29, 0.717) is 6.42 Å². The van der Waals surface area contributed by atoms with Crippen molar-refractivity contribution in [1.29, 1.82) is 0 Å². The van der Waals surface area contributed by atoms with E-state index in [9.17, 15) is 26.0 Å². The number of hydrogen-bond acceptors (Lipinski definition) is 3. The number of rotatable bonds is 8. The highest BCUT2D eigenvalue weighted by atomic mass is 35.7. The smallest absolute Gasteiger partial charge is 0.268 e. The van der Waals surface area contributed by atoms with Gasteiger partial charge < -0.3 is 4.74 Å². The lowest BCUT2D eigenvalue weighted by atomic mass is 10.1. The SMILES string of the molecule is CCCCCCC=COc1c(F)c(F)c(F)c(F)c1S(=O)(=O)Cl. The van der Waals surface area contributed by atoms with Crippen molar-refractivity contribution in [2.75, 3.05) is 0 Å². The fourth-order valence-electron chi connectivity index (χ4n) is 1.79. The van der Waals surface area contributed by atoms with Gasteiger partial charge in [-0.25, -0.2) is 21.6 Å². The predicted octanol–water partition coefficient (Wildman–Crippen LogP) is 5.03. The fraction of sp³-hybridized carbons (Fsp3) is 0.429. The Hall–Kier alpha value is -1.28. The summed E-state index contributed by atoms with van der Waals surface area (Å²) in [5.74, 6) is -9.89. The van der Waals surface area contributed by atoms with Crippen LogP contribution in [0.1, 0.15) is 39.0 Å². The van der Waals surface area contributed by atoms with Crippen LogP contribution in [0.5, 0.6) is 5.75 Å². The van der Waals surface area contributed by atoms with Gasteiger partial charge in [-0.1, -0.05) is 26.2 Å².